The zero-order valence-corrected chi connectivity index (χ0v) is 16.5. The van der Waals surface area contributed by atoms with Crippen LogP contribution in [0.25, 0.3) is 23.1 Å². The van der Waals surface area contributed by atoms with Crippen LogP contribution in [0.2, 0.25) is 0 Å². The van der Waals surface area contributed by atoms with Crippen molar-refractivity contribution in [3.8, 4) is 23.0 Å². The highest BCUT2D eigenvalue weighted by Crippen LogP contribution is 2.38. The van der Waals surface area contributed by atoms with Crippen molar-refractivity contribution in [3.05, 3.63) is 57.4 Å². The molecule has 0 atom stereocenters. The number of ether oxygens (including phenoxy) is 4. The molecule has 0 aliphatic heterocycles. The fourth-order valence-corrected chi connectivity index (χ4v) is 2.94. The van der Waals surface area contributed by atoms with Gasteiger partial charge in [0.15, 0.2) is 16.9 Å². The van der Waals surface area contributed by atoms with Crippen LogP contribution in [0.3, 0.4) is 0 Å². The summed E-state index contributed by atoms with van der Waals surface area (Å²) in [5.74, 6) is 2.70. The Hall–Kier alpha value is -3.41. The standard InChI is InChI=1S/C22H22O6/c1-13-17(28-18-12-15(24-2)7-8-16(18)21(13)23)9-6-14-10-19(25-3)22(27-5)20(11-14)26-4/h6-12H,1-5H3/b9-6+. The van der Waals surface area contributed by atoms with Crippen molar-refractivity contribution in [2.45, 2.75) is 6.92 Å². The Balaban J connectivity index is 2.08. The van der Waals surface area contributed by atoms with E-state index in [4.69, 9.17) is 23.4 Å². The van der Waals surface area contributed by atoms with E-state index >= 15 is 0 Å². The van der Waals surface area contributed by atoms with E-state index in [-0.39, 0.29) is 5.43 Å². The van der Waals surface area contributed by atoms with Gasteiger partial charge >= 0.3 is 0 Å². The van der Waals surface area contributed by atoms with Crippen molar-refractivity contribution >= 4 is 23.1 Å². The first kappa shape index (κ1) is 19.4. The molecule has 0 saturated heterocycles. The predicted octanol–water partition coefficient (Wildman–Crippen LogP) is 4.31. The van der Waals surface area contributed by atoms with Crippen molar-refractivity contribution in [1.82, 2.24) is 0 Å². The van der Waals surface area contributed by atoms with Crippen molar-refractivity contribution in [2.75, 3.05) is 28.4 Å². The molecule has 28 heavy (non-hydrogen) atoms. The van der Waals surface area contributed by atoms with Crippen LogP contribution in [0.1, 0.15) is 16.9 Å². The molecular weight excluding hydrogens is 360 g/mol. The lowest BCUT2D eigenvalue weighted by atomic mass is 10.1. The number of hydrogen-bond donors (Lipinski definition) is 0. The number of methoxy groups -OCH3 is 4. The Kier molecular flexibility index (Phi) is 5.59. The van der Waals surface area contributed by atoms with E-state index in [1.807, 2.05) is 18.2 Å². The smallest absolute Gasteiger partial charge is 0.203 e. The maximum absolute atomic E-state index is 12.7. The van der Waals surface area contributed by atoms with Crippen molar-refractivity contribution < 1.29 is 23.4 Å². The minimum absolute atomic E-state index is 0.0755. The van der Waals surface area contributed by atoms with E-state index < -0.39 is 0 Å². The van der Waals surface area contributed by atoms with E-state index in [2.05, 4.69) is 0 Å². The molecule has 1 heterocycles. The summed E-state index contributed by atoms with van der Waals surface area (Å²) < 4.78 is 27.2. The third-order valence-electron chi connectivity index (χ3n) is 4.48. The van der Waals surface area contributed by atoms with Gasteiger partial charge in [-0.15, -0.1) is 0 Å². The molecule has 0 aliphatic carbocycles. The van der Waals surface area contributed by atoms with Gasteiger partial charge in [0, 0.05) is 11.6 Å². The van der Waals surface area contributed by atoms with Gasteiger partial charge in [-0.25, -0.2) is 0 Å². The Morgan fingerprint density at radius 3 is 2.11 bits per heavy atom. The molecule has 0 radical (unpaired) electrons. The topological polar surface area (TPSA) is 67.1 Å². The lowest BCUT2D eigenvalue weighted by molar-refractivity contribution is 0.324. The molecule has 1 aromatic heterocycles. The molecule has 0 saturated carbocycles. The molecule has 0 unspecified atom stereocenters. The van der Waals surface area contributed by atoms with E-state index in [1.54, 1.807) is 59.6 Å². The van der Waals surface area contributed by atoms with E-state index in [0.29, 0.717) is 45.3 Å². The first-order valence-corrected chi connectivity index (χ1v) is 8.62. The van der Waals surface area contributed by atoms with Gasteiger partial charge in [-0.3, -0.25) is 4.79 Å². The molecule has 146 valence electrons. The molecule has 0 amide bonds. The van der Waals surface area contributed by atoms with Crippen LogP contribution in [0.15, 0.2) is 39.5 Å². The number of rotatable bonds is 6. The van der Waals surface area contributed by atoms with Gasteiger partial charge in [-0.2, -0.15) is 0 Å². The summed E-state index contributed by atoms with van der Waals surface area (Å²) in [6, 6.07) is 8.78. The summed E-state index contributed by atoms with van der Waals surface area (Å²) in [4.78, 5) is 12.7. The van der Waals surface area contributed by atoms with Gasteiger partial charge in [0.2, 0.25) is 5.75 Å². The Morgan fingerprint density at radius 2 is 1.54 bits per heavy atom. The molecular formula is C22H22O6. The third kappa shape index (κ3) is 3.53. The summed E-state index contributed by atoms with van der Waals surface area (Å²) in [6.07, 6.45) is 3.57. The molecule has 0 bridgehead atoms. The predicted molar refractivity (Wildman–Crippen MR) is 109 cm³/mol. The lowest BCUT2D eigenvalue weighted by Gasteiger charge is -2.12. The van der Waals surface area contributed by atoms with Crippen LogP contribution in [0.4, 0.5) is 0 Å². The number of fused-ring (bicyclic) bond motifs is 1. The Labute approximate surface area is 162 Å². The monoisotopic (exact) mass is 382 g/mol. The minimum atomic E-state index is -0.0755. The number of benzene rings is 2. The first-order chi connectivity index (χ1) is 13.5. The van der Waals surface area contributed by atoms with Gasteiger partial charge in [0.1, 0.15) is 17.1 Å². The average molecular weight is 382 g/mol. The second kappa shape index (κ2) is 8.08. The van der Waals surface area contributed by atoms with Gasteiger partial charge in [-0.05, 0) is 42.8 Å². The van der Waals surface area contributed by atoms with Crippen molar-refractivity contribution in [1.29, 1.82) is 0 Å². The van der Waals surface area contributed by atoms with Gasteiger partial charge in [-0.1, -0.05) is 6.08 Å². The quantitative estimate of drug-likeness (QED) is 0.633. The highest BCUT2D eigenvalue weighted by molar-refractivity contribution is 5.81. The maximum atomic E-state index is 12.7. The van der Waals surface area contributed by atoms with E-state index in [9.17, 15) is 4.79 Å². The fraction of sp³-hybridized carbons (Fsp3) is 0.227. The lowest BCUT2D eigenvalue weighted by Crippen LogP contribution is -2.07. The molecule has 0 spiro atoms. The van der Waals surface area contributed by atoms with Crippen LogP contribution in [0, 0.1) is 6.92 Å². The molecule has 3 rings (SSSR count). The molecule has 0 fully saturated rings. The first-order valence-electron chi connectivity index (χ1n) is 8.62. The highest BCUT2D eigenvalue weighted by Gasteiger charge is 2.13. The van der Waals surface area contributed by atoms with E-state index in [0.717, 1.165) is 5.56 Å². The fourth-order valence-electron chi connectivity index (χ4n) is 2.94. The van der Waals surface area contributed by atoms with Gasteiger partial charge in [0.05, 0.1) is 33.8 Å². The zero-order chi connectivity index (χ0) is 20.3. The van der Waals surface area contributed by atoms with Crippen LogP contribution >= 0.6 is 0 Å². The zero-order valence-electron chi connectivity index (χ0n) is 16.5. The van der Waals surface area contributed by atoms with Crippen molar-refractivity contribution in [3.63, 3.8) is 0 Å². The largest absolute Gasteiger partial charge is 0.497 e. The molecule has 0 N–H and O–H groups in total. The van der Waals surface area contributed by atoms with Gasteiger partial charge < -0.3 is 23.4 Å². The second-order valence-electron chi connectivity index (χ2n) is 6.07. The molecule has 6 nitrogen and oxygen atoms in total. The Bertz CT molecular complexity index is 1070. The highest BCUT2D eigenvalue weighted by atomic mass is 16.5. The van der Waals surface area contributed by atoms with Gasteiger partial charge in [0.25, 0.3) is 0 Å². The molecule has 6 heteroatoms. The minimum Gasteiger partial charge on any atom is -0.497 e. The summed E-state index contributed by atoms with van der Waals surface area (Å²) in [5.41, 5.74) is 1.73. The average Bonchev–Trinajstić information content (AvgIpc) is 2.73. The van der Waals surface area contributed by atoms with E-state index in [1.165, 1.54) is 0 Å². The van der Waals surface area contributed by atoms with Crippen LogP contribution in [-0.2, 0) is 0 Å². The Morgan fingerprint density at radius 1 is 0.857 bits per heavy atom. The number of hydrogen-bond acceptors (Lipinski definition) is 6. The van der Waals surface area contributed by atoms with Crippen LogP contribution < -0.4 is 24.4 Å². The summed E-state index contributed by atoms with van der Waals surface area (Å²) in [6.45, 7) is 1.74. The third-order valence-corrected chi connectivity index (χ3v) is 4.48. The summed E-state index contributed by atoms with van der Waals surface area (Å²) in [7, 11) is 6.24. The van der Waals surface area contributed by atoms with Crippen molar-refractivity contribution in [2.24, 2.45) is 0 Å². The SMILES string of the molecule is COc1ccc2c(=O)c(C)c(/C=C/c3cc(OC)c(OC)c(OC)c3)oc2c1. The van der Waals surface area contributed by atoms with Crippen LogP contribution in [-0.4, -0.2) is 28.4 Å². The molecule has 2 aromatic carbocycles. The maximum Gasteiger partial charge on any atom is 0.203 e. The molecule has 3 aromatic rings. The summed E-state index contributed by atoms with van der Waals surface area (Å²) >= 11 is 0. The van der Waals surface area contributed by atoms with Crippen LogP contribution in [0.5, 0.6) is 23.0 Å². The second-order valence-corrected chi connectivity index (χ2v) is 6.07. The molecule has 0 aliphatic rings. The summed E-state index contributed by atoms with van der Waals surface area (Å²) in [5, 5.41) is 0.517. The normalized spacial score (nSPS) is 11.0.